The second-order valence-corrected chi connectivity index (χ2v) is 3.38. The molecule has 100 valence electrons. The van der Waals surface area contributed by atoms with Crippen molar-refractivity contribution in [3.63, 3.8) is 0 Å². The Morgan fingerprint density at radius 1 is 1.18 bits per heavy atom. The van der Waals surface area contributed by atoms with Crippen LogP contribution in [0.25, 0.3) is 0 Å². The van der Waals surface area contributed by atoms with Crippen molar-refractivity contribution in [3.05, 3.63) is 0 Å². The molecule has 7 nitrogen and oxygen atoms in total. The van der Waals surface area contributed by atoms with E-state index >= 15 is 0 Å². The molecule has 17 heavy (non-hydrogen) atoms. The lowest BCUT2D eigenvalue weighted by molar-refractivity contribution is -0.135. The molecule has 2 N–H and O–H groups in total. The molecule has 0 atom stereocenters. The molecule has 7 heteroatoms. The van der Waals surface area contributed by atoms with E-state index in [9.17, 15) is 9.59 Å². The minimum absolute atomic E-state index is 0.382. The lowest BCUT2D eigenvalue weighted by Gasteiger charge is -2.22. The molecule has 0 saturated carbocycles. The first-order valence-electron chi connectivity index (χ1n) is 5.34. The van der Waals surface area contributed by atoms with Crippen molar-refractivity contribution >= 4 is 12.0 Å². The van der Waals surface area contributed by atoms with Crippen LogP contribution in [0.1, 0.15) is 6.42 Å². The summed E-state index contributed by atoms with van der Waals surface area (Å²) >= 11 is 0. The highest BCUT2D eigenvalue weighted by molar-refractivity contribution is 5.79. The lowest BCUT2D eigenvalue weighted by atomic mass is 10.4. The number of carboxylic acids is 1. The average Bonchev–Trinajstić information content (AvgIpc) is 2.30. The molecule has 0 aliphatic carbocycles. The average molecular weight is 248 g/mol. The van der Waals surface area contributed by atoms with Gasteiger partial charge in [-0.05, 0) is 6.42 Å². The van der Waals surface area contributed by atoms with Gasteiger partial charge in [0.05, 0.1) is 6.61 Å². The standard InChI is InChI=1S/C10H20N2O5/c1-16-6-3-4-12(5-7-17-2)10(15)11-8-9(13)14/h3-8H2,1-2H3,(H,11,15)(H,13,14). The predicted octanol–water partition coefficient (Wildman–Crippen LogP) is -0.234. The zero-order chi connectivity index (χ0) is 13.1. The van der Waals surface area contributed by atoms with Crippen LogP contribution in [0.2, 0.25) is 0 Å². The molecule has 0 fully saturated rings. The van der Waals surface area contributed by atoms with Gasteiger partial charge >= 0.3 is 12.0 Å². The number of urea groups is 1. The molecule has 0 saturated heterocycles. The van der Waals surface area contributed by atoms with E-state index in [1.54, 1.807) is 14.2 Å². The Hall–Kier alpha value is -1.34. The van der Waals surface area contributed by atoms with Crippen LogP contribution in [-0.2, 0) is 14.3 Å². The smallest absolute Gasteiger partial charge is 0.323 e. The van der Waals surface area contributed by atoms with Crippen LogP contribution in [-0.4, -0.2) is 69.1 Å². The topological polar surface area (TPSA) is 88.1 Å². The fraction of sp³-hybridized carbons (Fsp3) is 0.800. The van der Waals surface area contributed by atoms with E-state index in [0.29, 0.717) is 32.7 Å². The van der Waals surface area contributed by atoms with E-state index in [1.807, 2.05) is 0 Å². The molecule has 0 aromatic rings. The maximum absolute atomic E-state index is 11.6. The highest BCUT2D eigenvalue weighted by atomic mass is 16.5. The Kier molecular flexibility index (Phi) is 9.08. The summed E-state index contributed by atoms with van der Waals surface area (Å²) < 4.78 is 9.78. The molecule has 0 bridgehead atoms. The highest BCUT2D eigenvalue weighted by Crippen LogP contribution is 1.94. The number of carboxylic acid groups (broad SMARTS) is 1. The van der Waals surface area contributed by atoms with Gasteiger partial charge in [0.25, 0.3) is 0 Å². The number of rotatable bonds is 9. The summed E-state index contributed by atoms with van der Waals surface area (Å²) in [6.07, 6.45) is 0.695. The maximum atomic E-state index is 11.6. The first-order chi connectivity index (χ1) is 8.11. The summed E-state index contributed by atoms with van der Waals surface area (Å²) in [5.74, 6) is -1.07. The Morgan fingerprint density at radius 3 is 2.35 bits per heavy atom. The molecule has 0 aliphatic heterocycles. The molecular weight excluding hydrogens is 228 g/mol. The molecule has 2 amide bonds. The number of hydrogen-bond acceptors (Lipinski definition) is 4. The number of nitrogens with zero attached hydrogens (tertiary/aromatic N) is 1. The Balaban J connectivity index is 4.04. The van der Waals surface area contributed by atoms with Gasteiger partial charge in [-0.3, -0.25) is 4.79 Å². The largest absolute Gasteiger partial charge is 0.480 e. The van der Waals surface area contributed by atoms with Gasteiger partial charge in [-0.15, -0.1) is 0 Å². The van der Waals surface area contributed by atoms with Gasteiger partial charge in [-0.1, -0.05) is 0 Å². The van der Waals surface area contributed by atoms with Gasteiger partial charge in [0.15, 0.2) is 0 Å². The summed E-state index contributed by atoms with van der Waals surface area (Å²) in [5.41, 5.74) is 0. The van der Waals surface area contributed by atoms with Crippen molar-refractivity contribution in [1.82, 2.24) is 10.2 Å². The van der Waals surface area contributed by atoms with Crippen molar-refractivity contribution in [2.45, 2.75) is 6.42 Å². The molecule has 0 aromatic carbocycles. The minimum Gasteiger partial charge on any atom is -0.480 e. The normalized spacial score (nSPS) is 10.0. The molecule has 0 aliphatic rings. The van der Waals surface area contributed by atoms with Crippen molar-refractivity contribution in [2.24, 2.45) is 0 Å². The summed E-state index contributed by atoms with van der Waals surface area (Å²) in [6, 6.07) is -0.402. The molecule has 0 rings (SSSR count). The van der Waals surface area contributed by atoms with Crippen molar-refractivity contribution in [1.29, 1.82) is 0 Å². The zero-order valence-corrected chi connectivity index (χ0v) is 10.3. The van der Waals surface area contributed by atoms with Crippen LogP contribution in [0.3, 0.4) is 0 Å². The molecule has 0 heterocycles. The maximum Gasteiger partial charge on any atom is 0.323 e. The fourth-order valence-corrected chi connectivity index (χ4v) is 1.18. The van der Waals surface area contributed by atoms with Gasteiger partial charge in [0.2, 0.25) is 0 Å². The van der Waals surface area contributed by atoms with Crippen LogP contribution in [0, 0.1) is 0 Å². The van der Waals surface area contributed by atoms with Crippen molar-refractivity contribution < 1.29 is 24.2 Å². The summed E-state index contributed by atoms with van der Waals surface area (Å²) in [5, 5.41) is 10.8. The Morgan fingerprint density at radius 2 is 1.82 bits per heavy atom. The van der Waals surface area contributed by atoms with Gasteiger partial charge in [-0.2, -0.15) is 0 Å². The molecule has 0 unspecified atom stereocenters. The van der Waals surface area contributed by atoms with Crippen LogP contribution in [0.4, 0.5) is 4.79 Å². The lowest BCUT2D eigenvalue weighted by Crippen LogP contribution is -2.44. The minimum atomic E-state index is -1.07. The SMILES string of the molecule is COCCCN(CCOC)C(=O)NCC(=O)O. The Labute approximate surface area is 101 Å². The third-order valence-electron chi connectivity index (χ3n) is 2.02. The van der Waals surface area contributed by atoms with Gasteiger partial charge in [-0.25, -0.2) is 4.79 Å². The van der Waals surface area contributed by atoms with Gasteiger partial charge in [0, 0.05) is 33.9 Å². The van der Waals surface area contributed by atoms with Crippen LogP contribution in [0.5, 0.6) is 0 Å². The third kappa shape index (κ3) is 8.47. The van der Waals surface area contributed by atoms with E-state index in [4.69, 9.17) is 14.6 Å². The number of carbonyl (C=O) groups excluding carboxylic acids is 1. The van der Waals surface area contributed by atoms with Crippen molar-refractivity contribution in [2.75, 3.05) is 47.1 Å². The number of carbonyl (C=O) groups is 2. The zero-order valence-electron chi connectivity index (χ0n) is 10.3. The van der Waals surface area contributed by atoms with E-state index in [0.717, 1.165) is 0 Å². The van der Waals surface area contributed by atoms with E-state index in [1.165, 1.54) is 4.90 Å². The molecule has 0 spiro atoms. The number of aliphatic carboxylic acids is 1. The third-order valence-corrected chi connectivity index (χ3v) is 2.02. The Bertz CT molecular complexity index is 235. The first-order valence-corrected chi connectivity index (χ1v) is 5.34. The number of amides is 2. The van der Waals surface area contributed by atoms with Crippen molar-refractivity contribution in [3.8, 4) is 0 Å². The number of hydrogen-bond donors (Lipinski definition) is 2. The monoisotopic (exact) mass is 248 g/mol. The van der Waals surface area contributed by atoms with Crippen LogP contribution < -0.4 is 5.32 Å². The summed E-state index contributed by atoms with van der Waals surface area (Å²) in [7, 11) is 3.13. The molecular formula is C10H20N2O5. The highest BCUT2D eigenvalue weighted by Gasteiger charge is 2.13. The second kappa shape index (κ2) is 9.86. The number of methoxy groups -OCH3 is 2. The molecule has 0 radical (unpaired) electrons. The van der Waals surface area contributed by atoms with E-state index < -0.39 is 12.0 Å². The first kappa shape index (κ1) is 15.7. The number of nitrogens with one attached hydrogen (secondary N) is 1. The van der Waals surface area contributed by atoms with E-state index in [2.05, 4.69) is 5.32 Å². The van der Waals surface area contributed by atoms with Crippen LogP contribution >= 0.6 is 0 Å². The quantitative estimate of drug-likeness (QED) is 0.550. The fourth-order valence-electron chi connectivity index (χ4n) is 1.18. The van der Waals surface area contributed by atoms with Gasteiger partial charge in [0.1, 0.15) is 6.54 Å². The number of ether oxygens (including phenoxy) is 2. The summed E-state index contributed by atoms with van der Waals surface area (Å²) in [4.78, 5) is 23.4. The second-order valence-electron chi connectivity index (χ2n) is 3.38. The summed E-state index contributed by atoms with van der Waals surface area (Å²) in [6.45, 7) is 1.50. The predicted molar refractivity (Wildman–Crippen MR) is 61.0 cm³/mol. The molecule has 0 aromatic heterocycles. The van der Waals surface area contributed by atoms with Gasteiger partial charge < -0.3 is 24.8 Å². The van der Waals surface area contributed by atoms with Crippen LogP contribution in [0.15, 0.2) is 0 Å². The van der Waals surface area contributed by atoms with E-state index in [-0.39, 0.29) is 6.54 Å².